The van der Waals surface area contributed by atoms with Gasteiger partial charge in [0.2, 0.25) is 0 Å². The molecule has 1 aliphatic heterocycles. The van der Waals surface area contributed by atoms with Crippen molar-refractivity contribution in [3.63, 3.8) is 0 Å². The van der Waals surface area contributed by atoms with Gasteiger partial charge in [0.05, 0.1) is 5.84 Å². The molecular weight excluding hydrogens is 203 g/mol. The highest BCUT2D eigenvalue weighted by Crippen LogP contribution is 2.05. The number of hydrogen-bond acceptors (Lipinski definition) is 2. The topological polar surface area (TPSA) is 24.4 Å². The molecule has 0 radical (unpaired) electrons. The number of rotatable bonds is 3. The number of nitrogens with one attached hydrogen (secondary N) is 1. The van der Waals surface area contributed by atoms with Gasteiger partial charge in [0, 0.05) is 19.5 Å². The Morgan fingerprint density at radius 1 is 1.31 bits per heavy atom. The van der Waals surface area contributed by atoms with Crippen LogP contribution in [0.15, 0.2) is 29.3 Å². The van der Waals surface area contributed by atoms with Gasteiger partial charge in [-0.1, -0.05) is 12.1 Å². The van der Waals surface area contributed by atoms with Crippen molar-refractivity contribution < 1.29 is 4.39 Å². The molecule has 0 unspecified atom stereocenters. The molecular formula is C13H17FN2. The minimum atomic E-state index is -0.160. The first-order chi connectivity index (χ1) is 7.84. The van der Waals surface area contributed by atoms with Crippen LogP contribution >= 0.6 is 0 Å². The van der Waals surface area contributed by atoms with E-state index >= 15 is 0 Å². The Morgan fingerprint density at radius 2 is 2.25 bits per heavy atom. The molecule has 0 aromatic heterocycles. The van der Waals surface area contributed by atoms with Crippen molar-refractivity contribution in [2.45, 2.75) is 25.7 Å². The monoisotopic (exact) mass is 220 g/mol. The smallest absolute Gasteiger partial charge is 0.123 e. The summed E-state index contributed by atoms with van der Waals surface area (Å²) in [6.45, 7) is 1.78. The zero-order chi connectivity index (χ0) is 11.2. The summed E-state index contributed by atoms with van der Waals surface area (Å²) >= 11 is 0. The highest BCUT2D eigenvalue weighted by Gasteiger charge is 2.03. The minimum absolute atomic E-state index is 0.160. The maximum absolute atomic E-state index is 12.9. The molecule has 0 aliphatic carbocycles. The summed E-state index contributed by atoms with van der Waals surface area (Å²) in [7, 11) is 0. The zero-order valence-electron chi connectivity index (χ0n) is 9.38. The fourth-order valence-electron chi connectivity index (χ4n) is 1.89. The Labute approximate surface area is 95.6 Å². The van der Waals surface area contributed by atoms with E-state index in [2.05, 4.69) is 10.3 Å². The molecule has 0 amide bonds. The number of halogens is 1. The fourth-order valence-corrected chi connectivity index (χ4v) is 1.89. The van der Waals surface area contributed by atoms with Crippen LogP contribution in [-0.2, 0) is 6.42 Å². The molecule has 0 saturated heterocycles. The maximum atomic E-state index is 12.9. The van der Waals surface area contributed by atoms with Crippen molar-refractivity contribution >= 4 is 5.84 Å². The van der Waals surface area contributed by atoms with Crippen LogP contribution in [0.2, 0.25) is 0 Å². The summed E-state index contributed by atoms with van der Waals surface area (Å²) in [6.07, 6.45) is 4.33. The van der Waals surface area contributed by atoms with Crippen molar-refractivity contribution in [2.75, 3.05) is 13.1 Å². The molecule has 0 spiro atoms. The van der Waals surface area contributed by atoms with E-state index in [1.165, 1.54) is 18.9 Å². The molecule has 1 heterocycles. The molecule has 2 rings (SSSR count). The van der Waals surface area contributed by atoms with Gasteiger partial charge in [0.1, 0.15) is 5.82 Å². The van der Waals surface area contributed by atoms with Crippen LogP contribution in [0.3, 0.4) is 0 Å². The van der Waals surface area contributed by atoms with Crippen molar-refractivity contribution in [2.24, 2.45) is 4.99 Å². The third-order valence-corrected chi connectivity index (χ3v) is 2.76. The lowest BCUT2D eigenvalue weighted by molar-refractivity contribution is 0.624. The Balaban J connectivity index is 1.77. The average Bonchev–Trinajstić information content (AvgIpc) is 2.30. The van der Waals surface area contributed by atoms with Gasteiger partial charge in [0.25, 0.3) is 0 Å². The van der Waals surface area contributed by atoms with Gasteiger partial charge >= 0.3 is 0 Å². The van der Waals surface area contributed by atoms with Gasteiger partial charge in [-0.25, -0.2) is 4.39 Å². The van der Waals surface area contributed by atoms with E-state index in [1.807, 2.05) is 6.07 Å². The van der Waals surface area contributed by atoms with Crippen molar-refractivity contribution in [1.82, 2.24) is 5.32 Å². The summed E-state index contributed by atoms with van der Waals surface area (Å²) in [5.41, 5.74) is 1.03. The van der Waals surface area contributed by atoms with Crippen molar-refractivity contribution in [3.05, 3.63) is 35.6 Å². The highest BCUT2D eigenvalue weighted by atomic mass is 19.1. The van der Waals surface area contributed by atoms with E-state index in [4.69, 9.17) is 0 Å². The molecule has 2 nitrogen and oxygen atoms in total. The van der Waals surface area contributed by atoms with Crippen LogP contribution in [0.1, 0.15) is 24.8 Å². The predicted octanol–water partition coefficient (Wildman–Crippen LogP) is 2.54. The first-order valence-corrected chi connectivity index (χ1v) is 5.86. The van der Waals surface area contributed by atoms with Crippen molar-refractivity contribution in [3.8, 4) is 0 Å². The fraction of sp³-hybridized carbons (Fsp3) is 0.462. The maximum Gasteiger partial charge on any atom is 0.123 e. The normalized spacial score (nSPS) is 15.7. The molecule has 3 heteroatoms. The van der Waals surface area contributed by atoms with Gasteiger partial charge in [-0.05, 0) is 37.0 Å². The lowest BCUT2D eigenvalue weighted by Gasteiger charge is -2.13. The SMILES string of the molecule is Fc1cccc(CCNC2=NCCCC2)c1. The van der Waals surface area contributed by atoms with Gasteiger partial charge in [-0.15, -0.1) is 0 Å². The summed E-state index contributed by atoms with van der Waals surface area (Å²) in [6, 6.07) is 6.77. The molecule has 0 atom stereocenters. The average molecular weight is 220 g/mol. The highest BCUT2D eigenvalue weighted by molar-refractivity contribution is 5.82. The summed E-state index contributed by atoms with van der Waals surface area (Å²) in [5, 5.41) is 3.32. The lowest BCUT2D eigenvalue weighted by Crippen LogP contribution is -2.27. The molecule has 86 valence electrons. The Hall–Kier alpha value is -1.38. The summed E-state index contributed by atoms with van der Waals surface area (Å²) in [5.74, 6) is 0.954. The second kappa shape index (κ2) is 5.64. The number of aliphatic imine (C=N–C) groups is 1. The van der Waals surface area contributed by atoms with Gasteiger partial charge in [-0.3, -0.25) is 4.99 Å². The Kier molecular flexibility index (Phi) is 3.91. The second-order valence-electron chi connectivity index (χ2n) is 4.09. The molecule has 16 heavy (non-hydrogen) atoms. The van der Waals surface area contributed by atoms with E-state index in [-0.39, 0.29) is 5.82 Å². The number of amidine groups is 1. The predicted molar refractivity (Wildman–Crippen MR) is 64.3 cm³/mol. The van der Waals surface area contributed by atoms with Gasteiger partial charge in [0.15, 0.2) is 0 Å². The molecule has 1 aromatic carbocycles. The third kappa shape index (κ3) is 3.33. The minimum Gasteiger partial charge on any atom is -0.374 e. The molecule has 0 fully saturated rings. The van der Waals surface area contributed by atoms with Gasteiger partial charge in [-0.2, -0.15) is 0 Å². The van der Waals surface area contributed by atoms with E-state index in [9.17, 15) is 4.39 Å². The van der Waals surface area contributed by atoms with E-state index < -0.39 is 0 Å². The first-order valence-electron chi connectivity index (χ1n) is 5.86. The largest absolute Gasteiger partial charge is 0.374 e. The summed E-state index contributed by atoms with van der Waals surface area (Å²) in [4.78, 5) is 4.41. The zero-order valence-corrected chi connectivity index (χ0v) is 9.38. The number of nitrogens with zero attached hydrogens (tertiary/aromatic N) is 1. The van der Waals surface area contributed by atoms with E-state index in [0.29, 0.717) is 0 Å². The molecule has 1 aliphatic rings. The van der Waals surface area contributed by atoms with Crippen LogP contribution in [0, 0.1) is 5.82 Å². The van der Waals surface area contributed by atoms with Crippen molar-refractivity contribution in [1.29, 1.82) is 0 Å². The van der Waals surface area contributed by atoms with Crippen LogP contribution in [0.5, 0.6) is 0 Å². The van der Waals surface area contributed by atoms with Crippen LogP contribution < -0.4 is 5.32 Å². The van der Waals surface area contributed by atoms with Crippen LogP contribution in [0.25, 0.3) is 0 Å². The summed E-state index contributed by atoms with van der Waals surface area (Å²) < 4.78 is 12.9. The lowest BCUT2D eigenvalue weighted by atomic mass is 10.1. The van der Waals surface area contributed by atoms with Crippen LogP contribution in [-0.4, -0.2) is 18.9 Å². The molecule has 0 bridgehead atoms. The van der Waals surface area contributed by atoms with Gasteiger partial charge < -0.3 is 5.32 Å². The van der Waals surface area contributed by atoms with E-state index in [1.54, 1.807) is 12.1 Å². The standard InChI is InChI=1S/C13H17FN2/c14-12-5-3-4-11(10-12)7-9-16-13-6-1-2-8-15-13/h3-5,10H,1-2,6-9H2,(H,15,16). The molecule has 1 aromatic rings. The first kappa shape index (κ1) is 11.1. The molecule has 1 N–H and O–H groups in total. The molecule has 0 saturated carbocycles. The number of hydrogen-bond donors (Lipinski definition) is 1. The Morgan fingerprint density at radius 3 is 3.00 bits per heavy atom. The number of benzene rings is 1. The quantitative estimate of drug-likeness (QED) is 0.831. The third-order valence-electron chi connectivity index (χ3n) is 2.76. The van der Waals surface area contributed by atoms with Crippen LogP contribution in [0.4, 0.5) is 4.39 Å². The Bertz CT molecular complexity index is 374. The van der Waals surface area contributed by atoms with E-state index in [0.717, 1.165) is 37.3 Å². The second-order valence-corrected chi connectivity index (χ2v) is 4.09.